The maximum atomic E-state index is 10.9. The fraction of sp³-hybridized carbons (Fsp3) is 0.333. The fourth-order valence-electron chi connectivity index (χ4n) is 1.75. The van der Waals surface area contributed by atoms with Crippen molar-refractivity contribution in [3.05, 3.63) is 34.5 Å². The molecule has 1 aliphatic heterocycles. The maximum absolute atomic E-state index is 10.9. The summed E-state index contributed by atoms with van der Waals surface area (Å²) in [6, 6.07) is 2.92. The van der Waals surface area contributed by atoms with Crippen molar-refractivity contribution in [3.8, 4) is 0 Å². The molecule has 0 aliphatic carbocycles. The van der Waals surface area contributed by atoms with Crippen LogP contribution in [-0.2, 0) is 0 Å². The molecule has 2 rings (SSSR count). The molecule has 2 heterocycles. The smallest absolute Gasteiger partial charge is 0.335 e. The van der Waals surface area contributed by atoms with E-state index in [1.54, 1.807) is 6.07 Å². The normalized spacial score (nSPS) is 15.6. The van der Waals surface area contributed by atoms with Gasteiger partial charge in [-0.3, -0.25) is 0 Å². The molecule has 0 bridgehead atoms. The largest absolute Gasteiger partial charge is 0.478 e. The van der Waals surface area contributed by atoms with Crippen LogP contribution in [0.3, 0.4) is 0 Å². The van der Waals surface area contributed by atoms with E-state index in [0.29, 0.717) is 5.82 Å². The lowest BCUT2D eigenvalue weighted by Crippen LogP contribution is -2.29. The molecule has 0 spiro atoms. The molecule has 90 valence electrons. The molecule has 4 nitrogen and oxygen atoms in total. The van der Waals surface area contributed by atoms with E-state index in [-0.39, 0.29) is 10.7 Å². The van der Waals surface area contributed by atoms with Crippen molar-refractivity contribution in [2.75, 3.05) is 18.0 Å². The van der Waals surface area contributed by atoms with Crippen molar-refractivity contribution in [3.63, 3.8) is 0 Å². The second kappa shape index (κ2) is 4.75. The molecule has 1 aromatic rings. The first-order valence-electron chi connectivity index (χ1n) is 5.38. The molecule has 1 aromatic heterocycles. The van der Waals surface area contributed by atoms with Crippen molar-refractivity contribution < 1.29 is 9.90 Å². The van der Waals surface area contributed by atoms with Gasteiger partial charge < -0.3 is 10.0 Å². The van der Waals surface area contributed by atoms with Crippen molar-refractivity contribution in [1.29, 1.82) is 0 Å². The van der Waals surface area contributed by atoms with Crippen molar-refractivity contribution in [2.45, 2.75) is 13.3 Å². The molecule has 0 aromatic carbocycles. The third kappa shape index (κ3) is 2.77. The zero-order valence-corrected chi connectivity index (χ0v) is 10.2. The van der Waals surface area contributed by atoms with Crippen LogP contribution in [-0.4, -0.2) is 29.1 Å². The zero-order valence-electron chi connectivity index (χ0n) is 9.48. The summed E-state index contributed by atoms with van der Waals surface area (Å²) in [6.45, 7) is 3.68. The summed E-state index contributed by atoms with van der Waals surface area (Å²) < 4.78 is 0. The molecular formula is C12H13ClN2O2. The highest BCUT2D eigenvalue weighted by atomic mass is 35.5. The Morgan fingerprint density at radius 2 is 2.29 bits per heavy atom. The number of nitrogens with zero attached hydrogens (tertiary/aromatic N) is 2. The standard InChI is InChI=1S/C12H13ClN2O2/c1-8-2-4-15(5-3-8)11-7-9(12(16)17)6-10(13)14-11/h2,6-7H,3-5H2,1H3,(H,16,17). The number of carboxylic acids is 1. The van der Waals surface area contributed by atoms with Crippen molar-refractivity contribution in [2.24, 2.45) is 0 Å². The Morgan fingerprint density at radius 3 is 2.88 bits per heavy atom. The summed E-state index contributed by atoms with van der Waals surface area (Å²) in [4.78, 5) is 17.1. The summed E-state index contributed by atoms with van der Waals surface area (Å²) in [7, 11) is 0. The van der Waals surface area contributed by atoms with Gasteiger partial charge in [0.05, 0.1) is 5.56 Å². The number of rotatable bonds is 2. The lowest BCUT2D eigenvalue weighted by molar-refractivity contribution is 0.0697. The number of anilines is 1. The van der Waals surface area contributed by atoms with E-state index in [9.17, 15) is 4.79 Å². The van der Waals surface area contributed by atoms with Gasteiger partial charge in [-0.05, 0) is 25.5 Å². The van der Waals surface area contributed by atoms with Crippen LogP contribution in [0.1, 0.15) is 23.7 Å². The van der Waals surface area contributed by atoms with E-state index >= 15 is 0 Å². The van der Waals surface area contributed by atoms with Crippen LogP contribution >= 0.6 is 11.6 Å². The van der Waals surface area contributed by atoms with Gasteiger partial charge in [-0.15, -0.1) is 0 Å². The fourth-order valence-corrected chi connectivity index (χ4v) is 1.95. The van der Waals surface area contributed by atoms with Gasteiger partial charge in [0.25, 0.3) is 0 Å². The molecule has 1 N–H and O–H groups in total. The van der Waals surface area contributed by atoms with Crippen LogP contribution in [0.2, 0.25) is 5.15 Å². The Labute approximate surface area is 105 Å². The molecule has 0 fully saturated rings. The minimum absolute atomic E-state index is 0.172. The number of carboxylic acid groups (broad SMARTS) is 1. The molecule has 5 heteroatoms. The Kier molecular flexibility index (Phi) is 3.33. The number of hydrogen-bond acceptors (Lipinski definition) is 3. The molecule has 0 unspecified atom stereocenters. The summed E-state index contributed by atoms with van der Waals surface area (Å²) in [6.07, 6.45) is 3.09. The predicted octanol–water partition coefficient (Wildman–Crippen LogP) is 2.59. The summed E-state index contributed by atoms with van der Waals surface area (Å²) in [5, 5.41) is 9.17. The second-order valence-corrected chi connectivity index (χ2v) is 4.48. The van der Waals surface area contributed by atoms with Crippen LogP contribution in [0.15, 0.2) is 23.8 Å². The van der Waals surface area contributed by atoms with Crippen LogP contribution in [0, 0.1) is 0 Å². The molecule has 0 saturated carbocycles. The van der Waals surface area contributed by atoms with Crippen LogP contribution in [0.5, 0.6) is 0 Å². The van der Waals surface area contributed by atoms with Gasteiger partial charge in [0.15, 0.2) is 0 Å². The first kappa shape index (κ1) is 11.9. The number of aromatic nitrogens is 1. The molecule has 0 atom stereocenters. The summed E-state index contributed by atoms with van der Waals surface area (Å²) in [5.41, 5.74) is 1.52. The maximum Gasteiger partial charge on any atom is 0.335 e. The van der Waals surface area contributed by atoms with Gasteiger partial charge >= 0.3 is 5.97 Å². The SMILES string of the molecule is CC1=CCN(c2cc(C(=O)O)cc(Cl)n2)CC1. The third-order valence-electron chi connectivity index (χ3n) is 2.79. The van der Waals surface area contributed by atoms with Gasteiger partial charge in [0.1, 0.15) is 11.0 Å². The van der Waals surface area contributed by atoms with E-state index in [0.717, 1.165) is 19.5 Å². The predicted molar refractivity (Wildman–Crippen MR) is 66.8 cm³/mol. The van der Waals surface area contributed by atoms with Gasteiger partial charge in [0.2, 0.25) is 0 Å². The highest BCUT2D eigenvalue weighted by Crippen LogP contribution is 2.21. The molecule has 0 radical (unpaired) electrons. The Bertz CT molecular complexity index is 485. The van der Waals surface area contributed by atoms with E-state index in [1.807, 2.05) is 4.90 Å². The van der Waals surface area contributed by atoms with E-state index in [4.69, 9.17) is 16.7 Å². The number of aromatic carboxylic acids is 1. The number of carbonyl (C=O) groups is 1. The first-order valence-corrected chi connectivity index (χ1v) is 5.75. The number of pyridine rings is 1. The van der Waals surface area contributed by atoms with Crippen LogP contribution < -0.4 is 4.90 Å². The average molecular weight is 253 g/mol. The molecule has 1 aliphatic rings. The zero-order chi connectivity index (χ0) is 12.4. The van der Waals surface area contributed by atoms with Gasteiger partial charge in [-0.1, -0.05) is 23.3 Å². The number of hydrogen-bond donors (Lipinski definition) is 1. The topological polar surface area (TPSA) is 53.4 Å². The Balaban J connectivity index is 2.29. The third-order valence-corrected chi connectivity index (χ3v) is 2.98. The van der Waals surface area contributed by atoms with E-state index < -0.39 is 5.97 Å². The van der Waals surface area contributed by atoms with Crippen LogP contribution in [0.4, 0.5) is 5.82 Å². The summed E-state index contributed by atoms with van der Waals surface area (Å²) >= 11 is 5.83. The molecule has 0 amide bonds. The van der Waals surface area contributed by atoms with Gasteiger partial charge in [0, 0.05) is 13.1 Å². The van der Waals surface area contributed by atoms with Gasteiger partial charge in [-0.2, -0.15) is 0 Å². The quantitative estimate of drug-likeness (QED) is 0.649. The van der Waals surface area contributed by atoms with Crippen molar-refractivity contribution >= 4 is 23.4 Å². The lowest BCUT2D eigenvalue weighted by Gasteiger charge is -2.26. The molecular weight excluding hydrogens is 240 g/mol. The second-order valence-electron chi connectivity index (χ2n) is 4.09. The minimum atomic E-state index is -0.987. The van der Waals surface area contributed by atoms with E-state index in [1.165, 1.54) is 11.6 Å². The van der Waals surface area contributed by atoms with E-state index in [2.05, 4.69) is 18.0 Å². The molecule has 0 saturated heterocycles. The first-order chi connectivity index (χ1) is 8.06. The Morgan fingerprint density at radius 1 is 1.53 bits per heavy atom. The monoisotopic (exact) mass is 252 g/mol. The minimum Gasteiger partial charge on any atom is -0.478 e. The average Bonchev–Trinajstić information content (AvgIpc) is 2.29. The summed E-state index contributed by atoms with van der Waals surface area (Å²) in [5.74, 6) is -0.363. The van der Waals surface area contributed by atoms with Gasteiger partial charge in [-0.25, -0.2) is 9.78 Å². The molecule has 17 heavy (non-hydrogen) atoms. The number of halogens is 1. The van der Waals surface area contributed by atoms with Crippen molar-refractivity contribution in [1.82, 2.24) is 4.98 Å². The lowest BCUT2D eigenvalue weighted by atomic mass is 10.1. The highest BCUT2D eigenvalue weighted by molar-refractivity contribution is 6.29. The van der Waals surface area contributed by atoms with Crippen LogP contribution in [0.25, 0.3) is 0 Å². The highest BCUT2D eigenvalue weighted by Gasteiger charge is 2.14. The Hall–Kier alpha value is -1.55.